The number of piperidine rings is 1. The molecule has 0 radical (unpaired) electrons. The maximum atomic E-state index is 14.4. The number of phenols is 1. The van der Waals surface area contributed by atoms with Gasteiger partial charge in [-0.25, -0.2) is 8.42 Å². The number of fused-ring (bicyclic) bond motifs is 1. The Morgan fingerprint density at radius 3 is 2.52 bits per heavy atom. The minimum Gasteiger partial charge on any atom is -0.508 e. The maximum Gasteiger partial charge on any atom is 0.243 e. The zero-order valence-corrected chi connectivity index (χ0v) is 29.9. The van der Waals surface area contributed by atoms with E-state index in [-0.39, 0.29) is 35.2 Å². The first-order valence-electron chi connectivity index (χ1n) is 16.7. The zero-order valence-electron chi connectivity index (χ0n) is 29.1. The molecule has 262 valence electrons. The van der Waals surface area contributed by atoms with E-state index in [4.69, 9.17) is 18.9 Å². The summed E-state index contributed by atoms with van der Waals surface area (Å²) >= 11 is 0. The van der Waals surface area contributed by atoms with E-state index in [2.05, 4.69) is 34.9 Å². The van der Waals surface area contributed by atoms with Gasteiger partial charge in [0, 0.05) is 50.9 Å². The van der Waals surface area contributed by atoms with Crippen LogP contribution < -0.4 is 14.4 Å². The molecule has 1 fully saturated rings. The molecule has 48 heavy (non-hydrogen) atoms. The molecule has 1 saturated heterocycles. The molecule has 11 heteroatoms. The van der Waals surface area contributed by atoms with Crippen LogP contribution >= 0.6 is 0 Å². The van der Waals surface area contributed by atoms with Crippen molar-refractivity contribution in [3.05, 3.63) is 77.4 Å². The third-order valence-corrected chi connectivity index (χ3v) is 11.7. The number of hydrogen-bond donors (Lipinski definition) is 1. The van der Waals surface area contributed by atoms with E-state index in [0.717, 1.165) is 47.8 Å². The molecule has 0 unspecified atom stereocenters. The lowest BCUT2D eigenvalue weighted by Gasteiger charge is -2.44. The van der Waals surface area contributed by atoms with Gasteiger partial charge in [0.25, 0.3) is 0 Å². The van der Waals surface area contributed by atoms with Gasteiger partial charge in [0.1, 0.15) is 23.9 Å². The lowest BCUT2D eigenvalue weighted by Crippen LogP contribution is -2.53. The van der Waals surface area contributed by atoms with Gasteiger partial charge in [-0.15, -0.1) is 0 Å². The number of aromatic hydroxyl groups is 1. The van der Waals surface area contributed by atoms with Crippen molar-refractivity contribution in [2.75, 3.05) is 66.1 Å². The summed E-state index contributed by atoms with van der Waals surface area (Å²) in [4.78, 5) is 4.52. The number of anilines is 1. The van der Waals surface area contributed by atoms with Crippen molar-refractivity contribution in [3.63, 3.8) is 0 Å². The fourth-order valence-corrected chi connectivity index (χ4v) is 8.31. The van der Waals surface area contributed by atoms with E-state index in [1.54, 1.807) is 37.6 Å². The number of hydrogen-bond acceptors (Lipinski definition) is 9. The molecule has 0 bridgehead atoms. The predicted molar refractivity (Wildman–Crippen MR) is 188 cm³/mol. The predicted octanol–water partition coefficient (Wildman–Crippen LogP) is 5.42. The first-order valence-corrected chi connectivity index (χ1v) is 18.2. The van der Waals surface area contributed by atoms with Crippen LogP contribution in [0.25, 0.3) is 0 Å². The van der Waals surface area contributed by atoms with Crippen LogP contribution in [0, 0.1) is 6.92 Å². The number of rotatable bonds is 14. The largest absolute Gasteiger partial charge is 0.508 e. The number of aryl methyl sites for hydroxylation is 1. The SMILES string of the molecule is COCCCN1CCOc2ccc(CO[C@H]3CN(S(=O)(=O)c4ccc(C)c(O)c4)[C@@H](C[C@@H](C)N(C)C)C[C@@H]3c3ccc(OC)cc3)cc21. The van der Waals surface area contributed by atoms with Gasteiger partial charge in [0.2, 0.25) is 10.0 Å². The number of sulfonamides is 1. The fraction of sp³-hybridized carbons (Fsp3) is 0.514. The minimum absolute atomic E-state index is 0.0390. The van der Waals surface area contributed by atoms with Crippen molar-refractivity contribution in [2.45, 2.75) is 68.7 Å². The highest BCUT2D eigenvalue weighted by Gasteiger charge is 2.43. The maximum absolute atomic E-state index is 14.4. The number of nitrogens with zero attached hydrogens (tertiary/aromatic N) is 3. The minimum atomic E-state index is -3.96. The molecule has 10 nitrogen and oxygen atoms in total. The highest BCUT2D eigenvalue weighted by Crippen LogP contribution is 2.40. The first-order chi connectivity index (χ1) is 23.0. The topological polar surface area (TPSA) is 101 Å². The smallest absolute Gasteiger partial charge is 0.243 e. The Hall–Kier alpha value is -3.35. The van der Waals surface area contributed by atoms with Crippen LogP contribution in [0.5, 0.6) is 17.2 Å². The summed E-state index contributed by atoms with van der Waals surface area (Å²) in [6.45, 7) is 7.36. The Kier molecular flexibility index (Phi) is 11.9. The Morgan fingerprint density at radius 1 is 1.06 bits per heavy atom. The van der Waals surface area contributed by atoms with Gasteiger partial charge in [0.15, 0.2) is 0 Å². The molecule has 3 aromatic carbocycles. The second-order valence-corrected chi connectivity index (χ2v) is 15.1. The summed E-state index contributed by atoms with van der Waals surface area (Å²) < 4.78 is 53.8. The van der Waals surface area contributed by atoms with Crippen LogP contribution in [0.3, 0.4) is 0 Å². The average molecular weight is 682 g/mol. The summed E-state index contributed by atoms with van der Waals surface area (Å²) in [5, 5.41) is 10.5. The highest BCUT2D eigenvalue weighted by molar-refractivity contribution is 7.89. The van der Waals surface area contributed by atoms with Gasteiger partial charge in [-0.1, -0.05) is 24.3 Å². The molecule has 0 aromatic heterocycles. The van der Waals surface area contributed by atoms with Crippen molar-refractivity contribution < 1.29 is 32.5 Å². The average Bonchev–Trinajstić information content (AvgIpc) is 3.08. The monoisotopic (exact) mass is 681 g/mol. The Balaban J connectivity index is 1.47. The van der Waals surface area contributed by atoms with E-state index in [0.29, 0.717) is 38.2 Å². The molecule has 0 amide bonds. The Bertz CT molecular complexity index is 1620. The molecule has 3 aromatic rings. The number of phenolic OH excluding ortho intramolecular Hbond substituents is 1. The van der Waals surface area contributed by atoms with Gasteiger partial charge in [0.05, 0.1) is 36.9 Å². The molecule has 5 rings (SSSR count). The molecule has 0 spiro atoms. The molecule has 2 heterocycles. The van der Waals surface area contributed by atoms with Crippen molar-refractivity contribution in [2.24, 2.45) is 0 Å². The lowest BCUT2D eigenvalue weighted by atomic mass is 9.82. The van der Waals surface area contributed by atoms with E-state index in [1.165, 1.54) is 6.07 Å². The lowest BCUT2D eigenvalue weighted by molar-refractivity contribution is -0.0230. The summed E-state index contributed by atoms with van der Waals surface area (Å²) in [6.07, 6.45) is 1.71. The van der Waals surface area contributed by atoms with E-state index >= 15 is 0 Å². The van der Waals surface area contributed by atoms with Crippen molar-refractivity contribution in [3.8, 4) is 17.2 Å². The summed E-state index contributed by atoms with van der Waals surface area (Å²) in [5.74, 6) is 1.52. The van der Waals surface area contributed by atoms with Crippen LogP contribution in [-0.4, -0.2) is 102 Å². The van der Waals surface area contributed by atoms with Crippen LogP contribution in [0.15, 0.2) is 65.6 Å². The molecular weight excluding hydrogens is 630 g/mol. The standard InChI is InChI=1S/C37H51N3O7S/c1-26-8-14-32(23-35(26)41)48(42,43)40-24-37(33(22-30(40)20-27(2)38(3)4)29-10-12-31(45-6)13-11-29)47-25-28-9-15-36-34(21-28)39(17-19-46-36)16-7-18-44-5/h8-15,21,23,27,30,33,37,41H,7,16-20,22,24-25H2,1-6H3/t27-,30+,33-,37+/m1/s1. The second-order valence-electron chi connectivity index (χ2n) is 13.2. The molecular formula is C37H51N3O7S. The van der Waals surface area contributed by atoms with E-state index < -0.39 is 16.1 Å². The van der Waals surface area contributed by atoms with Crippen LogP contribution in [0.4, 0.5) is 5.69 Å². The van der Waals surface area contributed by atoms with E-state index in [1.807, 2.05) is 38.4 Å². The Labute approximate surface area is 286 Å². The quantitative estimate of drug-likeness (QED) is 0.224. The molecule has 0 saturated carbocycles. The van der Waals surface area contributed by atoms with Gasteiger partial charge in [-0.05, 0) is 94.2 Å². The van der Waals surface area contributed by atoms with Crippen LogP contribution in [0.2, 0.25) is 0 Å². The fourth-order valence-electron chi connectivity index (χ4n) is 6.63. The normalized spacial score (nSPS) is 20.7. The number of ether oxygens (including phenoxy) is 4. The summed E-state index contributed by atoms with van der Waals surface area (Å²) in [6, 6.07) is 18.6. The van der Waals surface area contributed by atoms with E-state index in [9.17, 15) is 13.5 Å². The van der Waals surface area contributed by atoms with Crippen molar-refractivity contribution >= 4 is 15.7 Å². The van der Waals surface area contributed by atoms with Gasteiger partial charge in [-0.2, -0.15) is 4.31 Å². The molecule has 2 aliphatic rings. The third-order valence-electron chi connectivity index (χ3n) is 9.79. The van der Waals surface area contributed by atoms with Gasteiger partial charge in [-0.3, -0.25) is 0 Å². The summed E-state index contributed by atoms with van der Waals surface area (Å²) in [5.41, 5.74) is 3.73. The zero-order chi connectivity index (χ0) is 34.4. The number of methoxy groups -OCH3 is 2. The number of benzene rings is 3. The van der Waals surface area contributed by atoms with Gasteiger partial charge >= 0.3 is 0 Å². The van der Waals surface area contributed by atoms with Crippen molar-refractivity contribution in [1.29, 1.82) is 0 Å². The Morgan fingerprint density at radius 2 is 1.83 bits per heavy atom. The summed E-state index contributed by atoms with van der Waals surface area (Å²) in [7, 11) is 3.43. The first kappa shape index (κ1) is 35.9. The van der Waals surface area contributed by atoms with Crippen molar-refractivity contribution in [1.82, 2.24) is 9.21 Å². The van der Waals surface area contributed by atoms with Crippen LogP contribution in [-0.2, 0) is 26.1 Å². The van der Waals surface area contributed by atoms with Crippen LogP contribution in [0.1, 0.15) is 48.8 Å². The molecule has 0 aliphatic carbocycles. The second kappa shape index (κ2) is 15.9. The third kappa shape index (κ3) is 8.26. The highest BCUT2D eigenvalue weighted by atomic mass is 32.2. The molecule has 2 aliphatic heterocycles. The molecule has 4 atom stereocenters. The van der Waals surface area contributed by atoms with Gasteiger partial charge < -0.3 is 33.9 Å². The molecule has 1 N–H and O–H groups in total.